The van der Waals surface area contributed by atoms with Gasteiger partial charge in [0.1, 0.15) is 16.8 Å². The van der Waals surface area contributed by atoms with Gasteiger partial charge in [0, 0.05) is 12.0 Å². The number of carbonyl (C=O) groups excluding carboxylic acids is 2. The van der Waals surface area contributed by atoms with Crippen LogP contribution in [0.3, 0.4) is 0 Å². The molecule has 0 saturated carbocycles. The molecule has 0 unspecified atom stereocenters. The van der Waals surface area contributed by atoms with Crippen LogP contribution in [0.2, 0.25) is 10.0 Å². The van der Waals surface area contributed by atoms with Crippen molar-refractivity contribution in [1.82, 2.24) is 10.6 Å². The smallest absolute Gasteiger partial charge is 0.243 e. The number of amides is 2. The van der Waals surface area contributed by atoms with Crippen molar-refractivity contribution in [2.24, 2.45) is 0 Å². The first-order valence-electron chi connectivity index (χ1n) is 7.26. The second kappa shape index (κ2) is 6.34. The minimum atomic E-state index is -0.456. The summed E-state index contributed by atoms with van der Waals surface area (Å²) in [6.45, 7) is 0.527. The zero-order valence-electron chi connectivity index (χ0n) is 11.8. The molecule has 2 amide bonds. The summed E-state index contributed by atoms with van der Waals surface area (Å²) in [5, 5.41) is 6.46. The van der Waals surface area contributed by atoms with Crippen LogP contribution in [0.1, 0.15) is 37.3 Å². The van der Waals surface area contributed by atoms with Gasteiger partial charge in [0.15, 0.2) is 0 Å². The first kappa shape index (κ1) is 15.4. The van der Waals surface area contributed by atoms with Gasteiger partial charge in [0.05, 0.1) is 17.7 Å². The minimum absolute atomic E-state index is 0.0837. The molecule has 2 aliphatic heterocycles. The third kappa shape index (κ3) is 3.01. The molecule has 1 aromatic carbocycles. The third-order valence-corrected chi connectivity index (χ3v) is 4.75. The number of ether oxygens (including phenoxy) is 1. The highest BCUT2D eigenvalue weighted by Gasteiger charge is 2.30. The van der Waals surface area contributed by atoms with E-state index in [9.17, 15) is 9.59 Å². The van der Waals surface area contributed by atoms with Crippen molar-refractivity contribution in [3.63, 3.8) is 0 Å². The van der Waals surface area contributed by atoms with Crippen LogP contribution in [-0.4, -0.2) is 24.5 Å². The van der Waals surface area contributed by atoms with Gasteiger partial charge in [0.2, 0.25) is 11.8 Å². The Bertz CT molecular complexity index is 621. The van der Waals surface area contributed by atoms with Crippen LogP contribution in [0, 0.1) is 0 Å². The lowest BCUT2D eigenvalue weighted by atomic mass is 10.0. The van der Waals surface area contributed by atoms with Crippen LogP contribution in [0.25, 0.3) is 0 Å². The molecular formula is C15H16Cl2N2O3. The Balaban J connectivity index is 1.81. The summed E-state index contributed by atoms with van der Waals surface area (Å²) in [7, 11) is 0. The minimum Gasteiger partial charge on any atom is -0.492 e. The van der Waals surface area contributed by atoms with Crippen molar-refractivity contribution < 1.29 is 14.3 Å². The number of hydrogen-bond acceptors (Lipinski definition) is 3. The summed E-state index contributed by atoms with van der Waals surface area (Å²) < 4.78 is 5.68. The Labute approximate surface area is 138 Å². The lowest BCUT2D eigenvalue weighted by Crippen LogP contribution is -2.43. The summed E-state index contributed by atoms with van der Waals surface area (Å²) in [6, 6.07) is 2.88. The molecule has 2 N–H and O–H groups in total. The van der Waals surface area contributed by atoms with Gasteiger partial charge in [-0.05, 0) is 25.3 Å². The van der Waals surface area contributed by atoms with E-state index in [1.54, 1.807) is 6.07 Å². The Kier molecular flexibility index (Phi) is 4.45. The van der Waals surface area contributed by atoms with E-state index in [2.05, 4.69) is 10.6 Å². The normalized spacial score (nSPS) is 24.0. The number of hydrogen-bond donors (Lipinski definition) is 2. The van der Waals surface area contributed by atoms with E-state index in [1.807, 2.05) is 6.07 Å². The van der Waals surface area contributed by atoms with Crippen molar-refractivity contribution in [2.75, 3.05) is 6.61 Å². The number of carbonyl (C=O) groups is 2. The Hall–Kier alpha value is -1.46. The van der Waals surface area contributed by atoms with Crippen LogP contribution in [0.15, 0.2) is 12.1 Å². The quantitative estimate of drug-likeness (QED) is 0.867. The van der Waals surface area contributed by atoms with E-state index in [0.29, 0.717) is 35.2 Å². The molecule has 2 heterocycles. The van der Waals surface area contributed by atoms with Gasteiger partial charge in [-0.25, -0.2) is 0 Å². The molecule has 0 spiro atoms. The van der Waals surface area contributed by atoms with Crippen molar-refractivity contribution in [1.29, 1.82) is 0 Å². The molecular weight excluding hydrogens is 327 g/mol. The van der Waals surface area contributed by atoms with Crippen LogP contribution in [-0.2, 0) is 9.59 Å². The molecule has 0 aromatic heterocycles. The second-order valence-electron chi connectivity index (χ2n) is 5.49. The number of nitrogens with one attached hydrogen (secondary N) is 2. The zero-order chi connectivity index (χ0) is 15.7. The predicted molar refractivity (Wildman–Crippen MR) is 83.2 cm³/mol. The summed E-state index contributed by atoms with van der Waals surface area (Å²) in [6.07, 6.45) is 2.47. The van der Waals surface area contributed by atoms with E-state index >= 15 is 0 Å². The second-order valence-corrected chi connectivity index (χ2v) is 6.28. The van der Waals surface area contributed by atoms with Gasteiger partial charge in [-0.1, -0.05) is 29.3 Å². The van der Waals surface area contributed by atoms with E-state index in [1.165, 1.54) is 0 Å². The Morgan fingerprint density at radius 2 is 2.14 bits per heavy atom. The molecule has 1 aromatic rings. The summed E-state index contributed by atoms with van der Waals surface area (Å²) in [4.78, 5) is 23.5. The summed E-state index contributed by atoms with van der Waals surface area (Å²) in [5.74, 6) is 0.279. The van der Waals surface area contributed by atoms with Crippen LogP contribution in [0.4, 0.5) is 0 Å². The maximum absolute atomic E-state index is 12.3. The molecule has 0 radical (unpaired) electrons. The van der Waals surface area contributed by atoms with E-state index < -0.39 is 6.04 Å². The maximum Gasteiger partial charge on any atom is 0.243 e. The van der Waals surface area contributed by atoms with Crippen LogP contribution >= 0.6 is 23.2 Å². The van der Waals surface area contributed by atoms with E-state index in [-0.39, 0.29) is 17.9 Å². The molecule has 7 heteroatoms. The van der Waals surface area contributed by atoms with Crippen molar-refractivity contribution >= 4 is 35.0 Å². The van der Waals surface area contributed by atoms with Gasteiger partial charge < -0.3 is 15.4 Å². The number of benzene rings is 1. The molecule has 5 nitrogen and oxygen atoms in total. The topological polar surface area (TPSA) is 67.4 Å². The molecule has 22 heavy (non-hydrogen) atoms. The highest BCUT2D eigenvalue weighted by Crippen LogP contribution is 2.40. The highest BCUT2D eigenvalue weighted by atomic mass is 35.5. The fourth-order valence-corrected chi connectivity index (χ4v) is 3.19. The fourth-order valence-electron chi connectivity index (χ4n) is 2.82. The van der Waals surface area contributed by atoms with Crippen molar-refractivity contribution in [2.45, 2.75) is 37.8 Å². The summed E-state index contributed by atoms with van der Waals surface area (Å²) >= 11 is 12.2. The molecule has 1 fully saturated rings. The number of rotatable bonds is 2. The van der Waals surface area contributed by atoms with Gasteiger partial charge in [-0.2, -0.15) is 0 Å². The Morgan fingerprint density at radius 1 is 1.32 bits per heavy atom. The molecule has 1 saturated heterocycles. The average molecular weight is 343 g/mol. The average Bonchev–Trinajstić information content (AvgIpc) is 2.83. The third-order valence-electron chi connectivity index (χ3n) is 3.97. The van der Waals surface area contributed by atoms with Gasteiger partial charge in [0.25, 0.3) is 0 Å². The number of halogens is 2. The predicted octanol–water partition coefficient (Wildman–Crippen LogP) is 2.60. The van der Waals surface area contributed by atoms with Crippen LogP contribution < -0.4 is 15.4 Å². The van der Waals surface area contributed by atoms with E-state index in [4.69, 9.17) is 27.9 Å². The number of fused-ring (bicyclic) bond motifs is 1. The zero-order valence-corrected chi connectivity index (χ0v) is 13.3. The lowest BCUT2D eigenvalue weighted by Gasteiger charge is -2.21. The highest BCUT2D eigenvalue weighted by molar-refractivity contribution is 6.43. The SMILES string of the molecule is O=C1CC[C@H](C(=O)N[C@@H]2CCCOc3c2ccc(Cl)c3Cl)N1. The Morgan fingerprint density at radius 3 is 2.86 bits per heavy atom. The molecule has 3 rings (SSSR count). The van der Waals surface area contributed by atoms with Crippen molar-refractivity contribution in [3.05, 3.63) is 27.7 Å². The maximum atomic E-state index is 12.3. The first-order chi connectivity index (χ1) is 10.6. The first-order valence-corrected chi connectivity index (χ1v) is 8.02. The summed E-state index contributed by atoms with van der Waals surface area (Å²) in [5.41, 5.74) is 0.824. The molecule has 0 bridgehead atoms. The fraction of sp³-hybridized carbons (Fsp3) is 0.467. The van der Waals surface area contributed by atoms with Crippen molar-refractivity contribution in [3.8, 4) is 5.75 Å². The lowest BCUT2D eigenvalue weighted by molar-refractivity contribution is -0.126. The molecule has 0 aliphatic carbocycles. The molecule has 2 atom stereocenters. The van der Waals surface area contributed by atoms with Gasteiger partial charge >= 0.3 is 0 Å². The standard InChI is InChI=1S/C15H16Cl2N2O3/c16-9-4-3-8-10(2-1-7-22-14(8)13(9)17)19-15(21)11-5-6-12(20)18-11/h3-4,10-11H,1-2,5-7H2,(H,18,20)(H,19,21)/t10-,11-/m1/s1. The molecule has 2 aliphatic rings. The van der Waals surface area contributed by atoms with Gasteiger partial charge in [-0.3, -0.25) is 9.59 Å². The monoisotopic (exact) mass is 342 g/mol. The van der Waals surface area contributed by atoms with Crippen LogP contribution in [0.5, 0.6) is 5.75 Å². The largest absolute Gasteiger partial charge is 0.492 e. The molecule has 118 valence electrons. The van der Waals surface area contributed by atoms with E-state index in [0.717, 1.165) is 18.4 Å². The van der Waals surface area contributed by atoms with Gasteiger partial charge in [-0.15, -0.1) is 0 Å².